The summed E-state index contributed by atoms with van der Waals surface area (Å²) in [6.45, 7) is 0.0720. The average molecular weight is 240 g/mol. The van der Waals surface area contributed by atoms with Crippen molar-refractivity contribution in [3.8, 4) is 23.0 Å². The Morgan fingerprint density at radius 2 is 2.06 bits per heavy atom. The molecule has 17 heavy (non-hydrogen) atoms. The van der Waals surface area contributed by atoms with Gasteiger partial charge in [0.1, 0.15) is 0 Å². The fraction of sp³-hybridized carbons (Fsp3) is 0.300. The minimum absolute atomic E-state index is 0.0720. The summed E-state index contributed by atoms with van der Waals surface area (Å²) in [4.78, 5) is 11.6. The molecule has 1 aromatic rings. The molecule has 1 amide bonds. The molecule has 7 nitrogen and oxygen atoms in total. The summed E-state index contributed by atoms with van der Waals surface area (Å²) in [5, 5.41) is 0. The van der Waals surface area contributed by atoms with Gasteiger partial charge in [0.05, 0.1) is 19.8 Å². The van der Waals surface area contributed by atoms with E-state index in [1.807, 2.05) is 5.43 Å². The zero-order valence-electron chi connectivity index (χ0n) is 9.40. The van der Waals surface area contributed by atoms with Gasteiger partial charge >= 0.3 is 0 Å². The number of nitrogens with two attached hydrogens (primary N) is 1. The van der Waals surface area contributed by atoms with Crippen LogP contribution in [0.1, 0.15) is 10.4 Å². The van der Waals surface area contributed by atoms with Crippen LogP contribution in [0.2, 0.25) is 0 Å². The summed E-state index contributed by atoms with van der Waals surface area (Å²) in [5.41, 5.74) is 2.25. The molecule has 0 saturated heterocycles. The fourth-order valence-electron chi connectivity index (χ4n) is 1.63. The summed E-state index contributed by atoms with van der Waals surface area (Å²) < 4.78 is 20.7. The maximum atomic E-state index is 11.6. The van der Waals surface area contributed by atoms with Crippen LogP contribution in [0.15, 0.2) is 6.07 Å². The number of amides is 1. The molecule has 0 saturated carbocycles. The second-order valence-corrected chi connectivity index (χ2v) is 3.20. The van der Waals surface area contributed by atoms with Gasteiger partial charge in [-0.25, -0.2) is 5.84 Å². The molecule has 3 N–H and O–H groups in total. The standard InChI is InChI=1S/C10H12N2O5/c1-14-7-5(10(13)12-11)3-6-8(9(7)15-2)17-4-16-6/h3H,4,11H2,1-2H3,(H,12,13). The van der Waals surface area contributed by atoms with E-state index < -0.39 is 5.91 Å². The number of carbonyl (C=O) groups is 1. The van der Waals surface area contributed by atoms with Crippen molar-refractivity contribution in [2.24, 2.45) is 5.84 Å². The monoisotopic (exact) mass is 240 g/mol. The van der Waals surface area contributed by atoms with E-state index >= 15 is 0 Å². The third-order valence-corrected chi connectivity index (χ3v) is 2.36. The van der Waals surface area contributed by atoms with Crippen LogP contribution in [0.3, 0.4) is 0 Å². The first-order valence-electron chi connectivity index (χ1n) is 4.78. The van der Waals surface area contributed by atoms with Crippen molar-refractivity contribution >= 4 is 5.91 Å². The van der Waals surface area contributed by atoms with Gasteiger partial charge in [0.15, 0.2) is 11.5 Å². The van der Waals surface area contributed by atoms with Gasteiger partial charge in [-0.15, -0.1) is 0 Å². The van der Waals surface area contributed by atoms with Crippen LogP contribution >= 0.6 is 0 Å². The molecular formula is C10H12N2O5. The van der Waals surface area contributed by atoms with Crippen LogP contribution in [0, 0.1) is 0 Å². The zero-order chi connectivity index (χ0) is 12.4. The van der Waals surface area contributed by atoms with Gasteiger partial charge < -0.3 is 18.9 Å². The number of fused-ring (bicyclic) bond motifs is 1. The third kappa shape index (κ3) is 1.70. The number of rotatable bonds is 3. The molecule has 0 radical (unpaired) electrons. The first kappa shape index (κ1) is 11.3. The largest absolute Gasteiger partial charge is 0.492 e. The Bertz CT molecular complexity index is 460. The number of hydrazine groups is 1. The molecule has 0 spiro atoms. The summed E-state index contributed by atoms with van der Waals surface area (Å²) in [7, 11) is 2.87. The lowest BCUT2D eigenvalue weighted by Crippen LogP contribution is -2.30. The minimum Gasteiger partial charge on any atom is -0.492 e. The number of carbonyl (C=O) groups excluding carboxylic acids is 1. The highest BCUT2D eigenvalue weighted by atomic mass is 16.7. The van der Waals surface area contributed by atoms with E-state index in [-0.39, 0.29) is 18.1 Å². The van der Waals surface area contributed by atoms with Gasteiger partial charge in [-0.3, -0.25) is 10.2 Å². The Balaban J connectivity index is 2.64. The average Bonchev–Trinajstić information content (AvgIpc) is 2.83. The lowest BCUT2D eigenvalue weighted by atomic mass is 10.1. The van der Waals surface area contributed by atoms with Crippen LogP contribution < -0.4 is 30.2 Å². The number of hydrogen-bond donors (Lipinski definition) is 2. The molecule has 7 heteroatoms. The summed E-state index contributed by atoms with van der Waals surface area (Å²) in [6.07, 6.45) is 0. The summed E-state index contributed by atoms with van der Waals surface area (Å²) >= 11 is 0. The van der Waals surface area contributed by atoms with Crippen LogP contribution in [0.4, 0.5) is 0 Å². The molecule has 1 aromatic carbocycles. The molecule has 0 unspecified atom stereocenters. The van der Waals surface area contributed by atoms with Gasteiger partial charge in [-0.05, 0) is 0 Å². The summed E-state index contributed by atoms with van der Waals surface area (Å²) in [5.74, 6) is 5.98. The van der Waals surface area contributed by atoms with Gasteiger partial charge in [-0.2, -0.15) is 0 Å². The molecule has 0 aliphatic carbocycles. The highest BCUT2D eigenvalue weighted by Gasteiger charge is 2.28. The first-order valence-corrected chi connectivity index (χ1v) is 4.78. The molecule has 92 valence electrons. The Labute approximate surface area is 97.4 Å². The predicted molar refractivity (Wildman–Crippen MR) is 57.3 cm³/mol. The van der Waals surface area contributed by atoms with Crippen molar-refractivity contribution in [1.29, 1.82) is 0 Å². The Morgan fingerprint density at radius 3 is 2.65 bits per heavy atom. The molecule has 0 fully saturated rings. The molecule has 1 aliphatic rings. The minimum atomic E-state index is -0.501. The van der Waals surface area contributed by atoms with Crippen molar-refractivity contribution in [2.75, 3.05) is 21.0 Å². The van der Waals surface area contributed by atoms with Crippen LogP contribution in [0.25, 0.3) is 0 Å². The molecule has 1 heterocycles. The molecule has 0 atom stereocenters. The van der Waals surface area contributed by atoms with Gasteiger partial charge in [-0.1, -0.05) is 0 Å². The van der Waals surface area contributed by atoms with Gasteiger partial charge in [0.2, 0.25) is 18.3 Å². The molecule has 0 aromatic heterocycles. The van der Waals surface area contributed by atoms with E-state index in [9.17, 15) is 4.79 Å². The van der Waals surface area contributed by atoms with Crippen LogP contribution in [0.5, 0.6) is 23.0 Å². The van der Waals surface area contributed by atoms with Crippen molar-refractivity contribution < 1.29 is 23.7 Å². The quantitative estimate of drug-likeness (QED) is 0.440. The number of hydrogen-bond acceptors (Lipinski definition) is 6. The van der Waals surface area contributed by atoms with E-state index in [1.165, 1.54) is 20.3 Å². The number of methoxy groups -OCH3 is 2. The molecule has 0 bridgehead atoms. The van der Waals surface area contributed by atoms with Gasteiger partial charge in [0.25, 0.3) is 5.91 Å². The Kier molecular flexibility index (Phi) is 2.92. The lowest BCUT2D eigenvalue weighted by Gasteiger charge is -2.13. The number of ether oxygens (including phenoxy) is 4. The highest BCUT2D eigenvalue weighted by molar-refractivity contribution is 5.98. The van der Waals surface area contributed by atoms with E-state index in [0.717, 1.165) is 0 Å². The zero-order valence-corrected chi connectivity index (χ0v) is 9.40. The summed E-state index contributed by atoms with van der Waals surface area (Å²) in [6, 6.07) is 1.49. The normalized spacial score (nSPS) is 12.2. The highest BCUT2D eigenvalue weighted by Crippen LogP contribution is 2.48. The number of nitrogens with one attached hydrogen (secondary N) is 1. The Hall–Kier alpha value is -2.15. The van der Waals surface area contributed by atoms with Crippen molar-refractivity contribution in [3.05, 3.63) is 11.6 Å². The molecule has 2 rings (SSSR count). The van der Waals surface area contributed by atoms with E-state index in [1.54, 1.807) is 0 Å². The van der Waals surface area contributed by atoms with Gasteiger partial charge in [0, 0.05) is 6.07 Å². The fourth-order valence-corrected chi connectivity index (χ4v) is 1.63. The lowest BCUT2D eigenvalue weighted by molar-refractivity contribution is 0.0949. The topological polar surface area (TPSA) is 92.0 Å². The Morgan fingerprint density at radius 1 is 1.35 bits per heavy atom. The molecule has 1 aliphatic heterocycles. The van der Waals surface area contributed by atoms with Crippen molar-refractivity contribution in [3.63, 3.8) is 0 Å². The maximum Gasteiger partial charge on any atom is 0.269 e. The van der Waals surface area contributed by atoms with Crippen LogP contribution in [-0.2, 0) is 0 Å². The smallest absolute Gasteiger partial charge is 0.269 e. The number of nitrogen functional groups attached to an aromatic ring is 1. The predicted octanol–water partition coefficient (Wildman–Crippen LogP) is 0.0360. The van der Waals surface area contributed by atoms with E-state index in [0.29, 0.717) is 17.2 Å². The SMILES string of the molecule is COc1c(C(=O)NN)cc2c(c1OC)OCO2. The second kappa shape index (κ2) is 4.38. The van der Waals surface area contributed by atoms with Crippen molar-refractivity contribution in [1.82, 2.24) is 5.43 Å². The van der Waals surface area contributed by atoms with E-state index in [4.69, 9.17) is 24.8 Å². The molecular weight excluding hydrogens is 228 g/mol. The second-order valence-electron chi connectivity index (χ2n) is 3.20. The van der Waals surface area contributed by atoms with Crippen molar-refractivity contribution in [2.45, 2.75) is 0 Å². The van der Waals surface area contributed by atoms with Crippen LogP contribution in [-0.4, -0.2) is 26.9 Å². The first-order chi connectivity index (χ1) is 8.22. The number of benzene rings is 1. The maximum absolute atomic E-state index is 11.6. The third-order valence-electron chi connectivity index (χ3n) is 2.36. The van der Waals surface area contributed by atoms with E-state index in [2.05, 4.69) is 0 Å².